The fraction of sp³-hybridized carbons (Fsp3) is 0.677. The first-order chi connectivity index (χ1) is 22.7. The average Bonchev–Trinajstić information content (AvgIpc) is 3.08. The molecule has 0 saturated carbocycles. The third-order valence-electron chi connectivity index (χ3n) is 8.32. The van der Waals surface area contributed by atoms with E-state index in [1.54, 1.807) is 12.1 Å². The molecule has 0 amide bonds. The Morgan fingerprint density at radius 3 is 1.65 bits per heavy atom. The molecule has 1 heterocycles. The van der Waals surface area contributed by atoms with E-state index in [-0.39, 0.29) is 25.3 Å². The lowest BCUT2D eigenvalue weighted by Crippen LogP contribution is -2.50. The van der Waals surface area contributed by atoms with Crippen molar-refractivity contribution in [2.75, 3.05) is 112 Å². The second kappa shape index (κ2) is 21.3. The zero-order chi connectivity index (χ0) is 35.6. The van der Waals surface area contributed by atoms with Crippen LogP contribution in [0, 0.1) is 10.1 Å². The molecule has 0 aromatic heterocycles. The summed E-state index contributed by atoms with van der Waals surface area (Å²) in [6.07, 6.45) is 1.69. The Kier molecular flexibility index (Phi) is 17.9. The molecule has 0 radical (unpaired) electrons. The van der Waals surface area contributed by atoms with Gasteiger partial charge in [-0.15, -0.1) is 0 Å². The molecule has 0 bridgehead atoms. The van der Waals surface area contributed by atoms with Gasteiger partial charge in [-0.05, 0) is 38.9 Å². The Balaban J connectivity index is 2.24. The number of non-ortho nitro benzene ring substituents is 1. The lowest BCUT2D eigenvalue weighted by Gasteiger charge is -2.35. The van der Waals surface area contributed by atoms with Gasteiger partial charge in [-0.1, -0.05) is 12.1 Å². The fourth-order valence-corrected chi connectivity index (χ4v) is 5.71. The Hall–Kier alpha value is -3.74. The Morgan fingerprint density at radius 2 is 1.21 bits per heavy atom. The summed E-state index contributed by atoms with van der Waals surface area (Å²) in [7, 11) is 3.99. The molecule has 0 aliphatic carbocycles. The predicted molar refractivity (Wildman–Crippen MR) is 176 cm³/mol. The second-order valence-electron chi connectivity index (χ2n) is 12.4. The third-order valence-corrected chi connectivity index (χ3v) is 8.32. The number of carbonyl (C=O) groups is 4. The molecule has 1 saturated heterocycles. The predicted octanol–water partition coefficient (Wildman–Crippen LogP) is -0.290. The molecule has 4 N–H and O–H groups in total. The molecular formula is C31H51N7O10. The highest BCUT2D eigenvalue weighted by Crippen LogP contribution is 2.17. The van der Waals surface area contributed by atoms with Crippen molar-refractivity contribution in [1.82, 2.24) is 29.4 Å². The summed E-state index contributed by atoms with van der Waals surface area (Å²) < 4.78 is 0. The Bertz CT molecular complexity index is 1150. The van der Waals surface area contributed by atoms with E-state index in [4.69, 9.17) is 0 Å². The van der Waals surface area contributed by atoms with Crippen molar-refractivity contribution in [2.45, 2.75) is 25.3 Å². The van der Waals surface area contributed by atoms with E-state index in [1.807, 2.05) is 14.1 Å². The van der Waals surface area contributed by atoms with Gasteiger partial charge in [0.2, 0.25) is 0 Å². The zero-order valence-corrected chi connectivity index (χ0v) is 28.0. The molecule has 1 aliphatic rings. The molecule has 270 valence electrons. The van der Waals surface area contributed by atoms with Gasteiger partial charge in [0.05, 0.1) is 31.1 Å². The molecule has 0 spiro atoms. The standard InChI is InChI=1S/C31H51N7O10/c1-32(2)10-11-33-12-13-34(16-19-36(21-28(39)40)22-29(41)42)15-18-35(17-14-33)20-27(37(23-30(43)44)24-31(45)46)5-3-4-25-6-8-26(9-7-25)38(47)48/h6-9,27H,3-5,10-24H2,1-2H3,(H,39,40)(H,41,42)(H,43,44)(H,45,46). The molecule has 1 aromatic carbocycles. The van der Waals surface area contributed by atoms with Crippen LogP contribution in [0.3, 0.4) is 0 Å². The van der Waals surface area contributed by atoms with Gasteiger partial charge >= 0.3 is 23.9 Å². The number of nitro benzene ring substituents is 1. The monoisotopic (exact) mass is 681 g/mol. The molecule has 1 fully saturated rings. The van der Waals surface area contributed by atoms with E-state index in [9.17, 15) is 49.7 Å². The summed E-state index contributed by atoms with van der Waals surface area (Å²) in [6, 6.07) is 5.85. The van der Waals surface area contributed by atoms with Crippen LogP contribution in [0.2, 0.25) is 0 Å². The SMILES string of the molecule is CN(C)CCN1CCN(CCN(CC(=O)O)CC(=O)O)CCN(CC(CCCc2ccc([N+](=O)[O-])cc2)N(CC(=O)O)CC(=O)O)CC1. The summed E-state index contributed by atoms with van der Waals surface area (Å²) in [5.41, 5.74) is 0.876. The summed E-state index contributed by atoms with van der Waals surface area (Å²) in [5, 5.41) is 48.8. The van der Waals surface area contributed by atoms with E-state index in [1.165, 1.54) is 21.9 Å². The van der Waals surface area contributed by atoms with Crippen LogP contribution in [0.15, 0.2) is 24.3 Å². The number of hydrogen-bond acceptors (Lipinski definition) is 12. The number of aryl methyl sites for hydroxylation is 1. The Labute approximate surface area is 281 Å². The van der Waals surface area contributed by atoms with Crippen molar-refractivity contribution in [3.63, 3.8) is 0 Å². The van der Waals surface area contributed by atoms with Crippen LogP contribution < -0.4 is 0 Å². The van der Waals surface area contributed by atoms with E-state index in [0.29, 0.717) is 58.5 Å². The number of benzene rings is 1. The van der Waals surface area contributed by atoms with Gasteiger partial charge in [0, 0.05) is 90.2 Å². The summed E-state index contributed by atoms with van der Waals surface area (Å²) >= 11 is 0. The van der Waals surface area contributed by atoms with Crippen LogP contribution in [-0.2, 0) is 25.6 Å². The second-order valence-corrected chi connectivity index (χ2v) is 12.4. The normalized spacial score (nSPS) is 16.0. The fourth-order valence-electron chi connectivity index (χ4n) is 5.71. The van der Waals surface area contributed by atoms with E-state index in [2.05, 4.69) is 19.6 Å². The molecule has 1 atom stereocenters. The van der Waals surface area contributed by atoms with Crippen LogP contribution in [-0.4, -0.2) is 197 Å². The van der Waals surface area contributed by atoms with Crippen molar-refractivity contribution < 1.29 is 44.5 Å². The number of nitrogens with zero attached hydrogens (tertiary/aromatic N) is 7. The van der Waals surface area contributed by atoms with Crippen LogP contribution in [0.5, 0.6) is 0 Å². The molecule has 17 heteroatoms. The minimum Gasteiger partial charge on any atom is -0.480 e. The van der Waals surface area contributed by atoms with E-state index >= 15 is 0 Å². The minimum absolute atomic E-state index is 0.0103. The maximum atomic E-state index is 11.8. The number of rotatable bonds is 22. The van der Waals surface area contributed by atoms with Gasteiger partial charge in [-0.2, -0.15) is 0 Å². The van der Waals surface area contributed by atoms with Crippen LogP contribution >= 0.6 is 0 Å². The Morgan fingerprint density at radius 1 is 0.750 bits per heavy atom. The number of aliphatic carboxylic acids is 4. The van der Waals surface area contributed by atoms with Crippen molar-refractivity contribution in [2.24, 2.45) is 0 Å². The maximum Gasteiger partial charge on any atom is 0.317 e. The first kappa shape index (κ1) is 40.4. The number of likely N-dealkylation sites (N-methyl/N-ethyl adjacent to an activating group) is 1. The molecule has 1 aliphatic heterocycles. The maximum absolute atomic E-state index is 11.8. The van der Waals surface area contributed by atoms with Gasteiger partial charge in [-0.25, -0.2) is 0 Å². The smallest absolute Gasteiger partial charge is 0.317 e. The first-order valence-corrected chi connectivity index (χ1v) is 16.1. The van der Waals surface area contributed by atoms with Crippen molar-refractivity contribution in [3.8, 4) is 0 Å². The molecular weight excluding hydrogens is 630 g/mol. The number of nitro groups is 1. The lowest BCUT2D eigenvalue weighted by atomic mass is 10.0. The number of carboxylic acids is 4. The highest BCUT2D eigenvalue weighted by Gasteiger charge is 2.27. The van der Waals surface area contributed by atoms with Crippen LogP contribution in [0.4, 0.5) is 5.69 Å². The van der Waals surface area contributed by atoms with Crippen molar-refractivity contribution in [1.29, 1.82) is 0 Å². The van der Waals surface area contributed by atoms with E-state index in [0.717, 1.165) is 31.7 Å². The van der Waals surface area contributed by atoms with Gasteiger partial charge in [0.15, 0.2) is 0 Å². The van der Waals surface area contributed by atoms with Gasteiger partial charge in [-0.3, -0.25) is 53.8 Å². The molecule has 17 nitrogen and oxygen atoms in total. The highest BCUT2D eigenvalue weighted by atomic mass is 16.6. The first-order valence-electron chi connectivity index (χ1n) is 16.1. The summed E-state index contributed by atoms with van der Waals surface area (Å²) in [5.74, 6) is -4.47. The van der Waals surface area contributed by atoms with Crippen molar-refractivity contribution in [3.05, 3.63) is 39.9 Å². The quantitative estimate of drug-likeness (QED) is 0.0915. The zero-order valence-electron chi connectivity index (χ0n) is 28.0. The van der Waals surface area contributed by atoms with Crippen LogP contribution in [0.1, 0.15) is 18.4 Å². The van der Waals surface area contributed by atoms with Crippen LogP contribution in [0.25, 0.3) is 0 Å². The minimum atomic E-state index is -1.13. The topological polar surface area (TPSA) is 212 Å². The number of carboxylic acid groups (broad SMARTS) is 4. The largest absolute Gasteiger partial charge is 0.480 e. The van der Waals surface area contributed by atoms with E-state index < -0.39 is 47.9 Å². The third kappa shape index (κ3) is 16.9. The summed E-state index contributed by atoms with van der Waals surface area (Å²) in [6.45, 7) is 5.16. The molecule has 1 aromatic rings. The van der Waals surface area contributed by atoms with Gasteiger partial charge in [0.25, 0.3) is 5.69 Å². The molecule has 48 heavy (non-hydrogen) atoms. The average molecular weight is 682 g/mol. The molecule has 1 unspecified atom stereocenters. The lowest BCUT2D eigenvalue weighted by molar-refractivity contribution is -0.384. The van der Waals surface area contributed by atoms with Gasteiger partial charge in [0.1, 0.15) is 0 Å². The van der Waals surface area contributed by atoms with Crippen molar-refractivity contribution >= 4 is 29.6 Å². The highest BCUT2D eigenvalue weighted by molar-refractivity contribution is 5.73. The number of hydrogen-bond donors (Lipinski definition) is 4. The van der Waals surface area contributed by atoms with Gasteiger partial charge < -0.3 is 25.3 Å². The molecule has 2 rings (SSSR count). The summed E-state index contributed by atoms with van der Waals surface area (Å²) in [4.78, 5) is 68.4.